The molecule has 0 atom stereocenters. The van der Waals surface area contributed by atoms with Crippen LogP contribution in [-0.2, 0) is 11.3 Å². The molecule has 7 nitrogen and oxygen atoms in total. The number of rotatable bonds is 6. The Hall–Kier alpha value is -2.90. The second-order valence-corrected chi connectivity index (χ2v) is 10.7. The van der Waals surface area contributed by atoms with E-state index in [1.807, 2.05) is 31.2 Å². The van der Waals surface area contributed by atoms with E-state index in [1.165, 1.54) is 43.2 Å². The van der Waals surface area contributed by atoms with Crippen molar-refractivity contribution in [1.82, 2.24) is 15.0 Å². The first kappa shape index (κ1) is 24.8. The van der Waals surface area contributed by atoms with Crippen molar-refractivity contribution in [2.75, 3.05) is 13.1 Å². The average Bonchev–Trinajstić information content (AvgIpc) is 3.36. The number of benzene rings is 2. The predicted octanol–water partition coefficient (Wildman–Crippen LogP) is 7.15. The van der Waals surface area contributed by atoms with E-state index in [2.05, 4.69) is 33.2 Å². The zero-order chi connectivity index (χ0) is 25.1. The van der Waals surface area contributed by atoms with Gasteiger partial charge in [-0.2, -0.15) is 4.98 Å². The van der Waals surface area contributed by atoms with Gasteiger partial charge in [-0.15, -0.1) is 0 Å². The van der Waals surface area contributed by atoms with Gasteiger partial charge in [0.1, 0.15) is 5.60 Å². The fraction of sp³-hybridized carbons (Fsp3) is 0.464. The van der Waals surface area contributed by atoms with Crippen LogP contribution < -0.4 is 0 Å². The molecule has 1 aromatic heterocycles. The first-order valence-corrected chi connectivity index (χ1v) is 13.1. The van der Waals surface area contributed by atoms with Gasteiger partial charge in [0, 0.05) is 35.8 Å². The van der Waals surface area contributed by atoms with E-state index in [4.69, 9.17) is 26.0 Å². The predicted molar refractivity (Wildman–Crippen MR) is 138 cm³/mol. The topological polar surface area (TPSA) is 88.7 Å². The van der Waals surface area contributed by atoms with Crippen LogP contribution in [0.3, 0.4) is 0 Å². The maximum absolute atomic E-state index is 10.9. The van der Waals surface area contributed by atoms with Crippen LogP contribution in [0.2, 0.25) is 5.02 Å². The van der Waals surface area contributed by atoms with E-state index >= 15 is 0 Å². The smallest absolute Gasteiger partial charge is 0.450 e. The molecular weight excluding hydrogens is 478 g/mol. The quantitative estimate of drug-likeness (QED) is 0.353. The second kappa shape index (κ2) is 10.6. The molecule has 1 N–H and O–H groups in total. The maximum atomic E-state index is 10.9. The van der Waals surface area contributed by atoms with Crippen LogP contribution in [0, 0.1) is 0 Å². The maximum Gasteiger partial charge on any atom is 0.506 e. The van der Waals surface area contributed by atoms with Gasteiger partial charge in [0.2, 0.25) is 5.82 Å². The molecule has 0 spiro atoms. The molecule has 190 valence electrons. The number of aromatic nitrogens is 2. The normalized spacial score (nSPS) is 18.7. The Kier molecular flexibility index (Phi) is 7.30. The summed E-state index contributed by atoms with van der Waals surface area (Å²) in [6.07, 6.45) is 6.45. The number of carbonyl (C=O) groups is 1. The van der Waals surface area contributed by atoms with Crippen molar-refractivity contribution in [3.63, 3.8) is 0 Å². The lowest BCUT2D eigenvalue weighted by atomic mass is 9.84. The van der Waals surface area contributed by atoms with Crippen molar-refractivity contribution >= 4 is 17.8 Å². The average molecular weight is 510 g/mol. The summed E-state index contributed by atoms with van der Waals surface area (Å²) in [5, 5.41) is 13.9. The Morgan fingerprint density at radius 1 is 1.11 bits per heavy atom. The van der Waals surface area contributed by atoms with Gasteiger partial charge in [-0.3, -0.25) is 4.90 Å². The van der Waals surface area contributed by atoms with E-state index in [1.54, 1.807) is 0 Å². The highest BCUT2D eigenvalue weighted by atomic mass is 35.5. The van der Waals surface area contributed by atoms with Crippen molar-refractivity contribution < 1.29 is 19.2 Å². The van der Waals surface area contributed by atoms with Gasteiger partial charge in [-0.1, -0.05) is 66.4 Å². The number of hydrogen-bond donors (Lipinski definition) is 1. The highest BCUT2D eigenvalue weighted by Crippen LogP contribution is 2.38. The summed E-state index contributed by atoms with van der Waals surface area (Å²) in [4.78, 5) is 17.8. The number of likely N-dealkylation sites (tertiary alicyclic amines) is 1. The van der Waals surface area contributed by atoms with Gasteiger partial charge in [-0.05, 0) is 61.8 Å². The Morgan fingerprint density at radius 3 is 2.47 bits per heavy atom. The molecular formula is C28H32ClN3O4. The second-order valence-electron chi connectivity index (χ2n) is 10.3. The third-order valence-electron chi connectivity index (χ3n) is 7.58. The lowest BCUT2D eigenvalue weighted by Gasteiger charge is -2.38. The van der Waals surface area contributed by atoms with E-state index in [-0.39, 0.29) is 0 Å². The van der Waals surface area contributed by atoms with Gasteiger partial charge >= 0.3 is 6.16 Å². The van der Waals surface area contributed by atoms with Gasteiger partial charge in [0.25, 0.3) is 5.89 Å². The first-order chi connectivity index (χ1) is 17.4. The van der Waals surface area contributed by atoms with Crippen LogP contribution in [0.15, 0.2) is 47.0 Å². The molecule has 2 aromatic carbocycles. The molecule has 1 aliphatic carbocycles. The van der Waals surface area contributed by atoms with Crippen LogP contribution in [0.1, 0.15) is 68.9 Å². The number of hydrogen-bond acceptors (Lipinski definition) is 6. The van der Waals surface area contributed by atoms with E-state index < -0.39 is 11.8 Å². The number of ether oxygens (including phenoxy) is 1. The molecule has 1 aliphatic heterocycles. The fourth-order valence-electron chi connectivity index (χ4n) is 5.38. The molecule has 2 heterocycles. The minimum absolute atomic E-state index is 0.464. The molecule has 8 heteroatoms. The third-order valence-corrected chi connectivity index (χ3v) is 7.91. The Bertz CT molecular complexity index is 1200. The van der Waals surface area contributed by atoms with Crippen LogP contribution in [-0.4, -0.2) is 45.0 Å². The summed E-state index contributed by atoms with van der Waals surface area (Å²) in [5.74, 6) is 1.55. The van der Waals surface area contributed by atoms with E-state index in [0.717, 1.165) is 35.8 Å². The molecule has 0 radical (unpaired) electrons. The molecule has 2 fully saturated rings. The van der Waals surface area contributed by atoms with E-state index in [9.17, 15) is 4.79 Å². The number of nitrogens with zero attached hydrogens (tertiary/aromatic N) is 3. The van der Waals surface area contributed by atoms with Crippen molar-refractivity contribution in [3.8, 4) is 22.8 Å². The molecule has 0 unspecified atom stereocenters. The Labute approximate surface area is 216 Å². The van der Waals surface area contributed by atoms with Crippen LogP contribution >= 0.6 is 11.6 Å². The van der Waals surface area contributed by atoms with Gasteiger partial charge < -0.3 is 14.4 Å². The lowest BCUT2D eigenvalue weighted by Crippen LogP contribution is -2.44. The summed E-state index contributed by atoms with van der Waals surface area (Å²) in [7, 11) is 0. The number of piperidine rings is 1. The molecule has 0 bridgehead atoms. The zero-order valence-corrected chi connectivity index (χ0v) is 21.3. The minimum atomic E-state index is -1.20. The first-order valence-electron chi connectivity index (χ1n) is 12.8. The van der Waals surface area contributed by atoms with Gasteiger partial charge in [-0.25, -0.2) is 4.79 Å². The van der Waals surface area contributed by atoms with E-state index in [0.29, 0.717) is 30.5 Å². The van der Waals surface area contributed by atoms with Crippen molar-refractivity contribution in [2.45, 2.75) is 69.9 Å². The number of carboxylic acid groups (broad SMARTS) is 1. The third kappa shape index (κ3) is 5.73. The highest BCUT2D eigenvalue weighted by molar-refractivity contribution is 6.31. The summed E-state index contributed by atoms with van der Waals surface area (Å²) in [5.41, 5.74) is 3.53. The molecule has 3 aromatic rings. The van der Waals surface area contributed by atoms with Crippen LogP contribution in [0.4, 0.5) is 4.79 Å². The minimum Gasteiger partial charge on any atom is -0.450 e. The molecule has 1 saturated carbocycles. The molecule has 0 amide bonds. The number of halogens is 1. The van der Waals surface area contributed by atoms with Crippen molar-refractivity contribution in [2.24, 2.45) is 0 Å². The summed E-state index contributed by atoms with van der Waals surface area (Å²) < 4.78 is 10.6. The van der Waals surface area contributed by atoms with Gasteiger partial charge in [0.05, 0.1) is 0 Å². The van der Waals surface area contributed by atoms with Crippen LogP contribution in [0.5, 0.6) is 0 Å². The summed E-state index contributed by atoms with van der Waals surface area (Å²) in [6.45, 7) is 4.25. The molecule has 36 heavy (non-hydrogen) atoms. The monoisotopic (exact) mass is 509 g/mol. The highest BCUT2D eigenvalue weighted by Gasteiger charge is 2.33. The molecule has 5 rings (SSSR count). The van der Waals surface area contributed by atoms with Gasteiger partial charge in [0.15, 0.2) is 0 Å². The molecule has 1 saturated heterocycles. The molecule has 2 aliphatic rings. The summed E-state index contributed by atoms with van der Waals surface area (Å²) in [6, 6.07) is 14.2. The van der Waals surface area contributed by atoms with Crippen LogP contribution in [0.25, 0.3) is 22.8 Å². The fourth-order valence-corrected chi connectivity index (χ4v) is 5.71. The largest absolute Gasteiger partial charge is 0.506 e. The standard InChI is InChI=1S/C28H32ClN3O4/c1-28(35-27(33)34)13-15-32(16-14-28)18-19-7-9-21(10-8-19)25-30-26(36-31-25)22-11-12-23(24(29)17-22)20-5-3-2-4-6-20/h7-12,17,20H,2-6,13-16,18H2,1H3,(H,33,34). The SMILES string of the molecule is CC1(OC(=O)O)CCN(Cc2ccc(-c3noc(-c4ccc(C5CCCCC5)c(Cl)c4)n3)cc2)CC1. The van der Waals surface area contributed by atoms with Crippen molar-refractivity contribution in [3.05, 3.63) is 58.6 Å². The Balaban J connectivity index is 1.21. The Morgan fingerprint density at radius 2 is 1.81 bits per heavy atom. The lowest BCUT2D eigenvalue weighted by molar-refractivity contribution is -0.0454. The zero-order valence-electron chi connectivity index (χ0n) is 20.6. The van der Waals surface area contributed by atoms with Crippen molar-refractivity contribution in [1.29, 1.82) is 0 Å². The summed E-state index contributed by atoms with van der Waals surface area (Å²) >= 11 is 6.64.